The van der Waals surface area contributed by atoms with Crippen molar-refractivity contribution in [3.05, 3.63) is 23.4 Å². The molecule has 0 aromatic rings. The zero-order valence-corrected chi connectivity index (χ0v) is 8.43. The van der Waals surface area contributed by atoms with Crippen molar-refractivity contribution in [1.82, 2.24) is 4.90 Å². The Balaban J connectivity index is 2.53. The smallest absolute Gasteiger partial charge is 0.0323 e. The number of nitrogens with zero attached hydrogens (tertiary/aromatic N) is 1. The van der Waals surface area contributed by atoms with Gasteiger partial charge in [0.05, 0.1) is 0 Å². The van der Waals surface area contributed by atoms with Crippen molar-refractivity contribution in [2.75, 3.05) is 13.6 Å². The molecular formula is C11H19N. The van der Waals surface area contributed by atoms with Gasteiger partial charge in [-0.1, -0.05) is 25.0 Å². The van der Waals surface area contributed by atoms with Crippen LogP contribution < -0.4 is 0 Å². The van der Waals surface area contributed by atoms with Crippen LogP contribution in [0, 0.1) is 0 Å². The molecular weight excluding hydrogens is 146 g/mol. The summed E-state index contributed by atoms with van der Waals surface area (Å²) in [4.78, 5) is 2.32. The second-order valence-corrected chi connectivity index (χ2v) is 3.58. The van der Waals surface area contributed by atoms with E-state index in [1.807, 2.05) is 0 Å². The molecule has 0 fully saturated rings. The zero-order valence-electron chi connectivity index (χ0n) is 8.43. The summed E-state index contributed by atoms with van der Waals surface area (Å²) < 4.78 is 0. The van der Waals surface area contributed by atoms with Crippen molar-refractivity contribution in [1.29, 1.82) is 0 Å². The average molecular weight is 165 g/mol. The molecule has 1 nitrogen and oxygen atoms in total. The summed E-state index contributed by atoms with van der Waals surface area (Å²) in [6.45, 7) is 5.63. The summed E-state index contributed by atoms with van der Waals surface area (Å²) >= 11 is 0. The Morgan fingerprint density at radius 3 is 2.92 bits per heavy atom. The Bertz CT molecular complexity index is 201. The lowest BCUT2D eigenvalue weighted by atomic mass is 10.1. The van der Waals surface area contributed by atoms with Gasteiger partial charge in [-0.3, -0.25) is 0 Å². The first-order chi connectivity index (χ1) is 5.74. The van der Waals surface area contributed by atoms with E-state index in [-0.39, 0.29) is 0 Å². The summed E-state index contributed by atoms with van der Waals surface area (Å²) in [7, 11) is 2.16. The fourth-order valence-electron chi connectivity index (χ4n) is 1.58. The van der Waals surface area contributed by atoms with Gasteiger partial charge in [0.15, 0.2) is 0 Å². The normalized spacial score (nSPS) is 18.4. The molecule has 12 heavy (non-hydrogen) atoms. The van der Waals surface area contributed by atoms with E-state index in [0.717, 1.165) is 0 Å². The number of rotatable bonds is 3. The molecule has 0 radical (unpaired) electrons. The van der Waals surface area contributed by atoms with Crippen LogP contribution in [0.25, 0.3) is 0 Å². The van der Waals surface area contributed by atoms with E-state index in [1.165, 1.54) is 37.1 Å². The van der Waals surface area contributed by atoms with Gasteiger partial charge in [0.1, 0.15) is 0 Å². The molecule has 0 aromatic carbocycles. The second-order valence-electron chi connectivity index (χ2n) is 3.58. The Morgan fingerprint density at radius 2 is 2.42 bits per heavy atom. The largest absolute Gasteiger partial charge is 0.375 e. The van der Waals surface area contributed by atoms with Crippen LogP contribution >= 0.6 is 0 Å². The third-order valence-corrected chi connectivity index (χ3v) is 2.30. The molecule has 1 heterocycles. The van der Waals surface area contributed by atoms with Crippen LogP contribution in [0.15, 0.2) is 23.4 Å². The van der Waals surface area contributed by atoms with Crippen molar-refractivity contribution in [2.24, 2.45) is 0 Å². The monoisotopic (exact) mass is 165 g/mol. The van der Waals surface area contributed by atoms with Gasteiger partial charge in [-0.05, 0) is 25.8 Å². The van der Waals surface area contributed by atoms with Crippen molar-refractivity contribution < 1.29 is 0 Å². The lowest BCUT2D eigenvalue weighted by molar-refractivity contribution is 0.471. The highest BCUT2D eigenvalue weighted by Crippen LogP contribution is 2.16. The van der Waals surface area contributed by atoms with Crippen molar-refractivity contribution in [3.8, 4) is 0 Å². The first-order valence-electron chi connectivity index (χ1n) is 4.82. The minimum Gasteiger partial charge on any atom is -0.375 e. The summed E-state index contributed by atoms with van der Waals surface area (Å²) in [6.07, 6.45) is 8.32. The molecule has 0 saturated carbocycles. The molecule has 0 amide bonds. The Hall–Kier alpha value is -0.720. The molecule has 1 aliphatic heterocycles. The van der Waals surface area contributed by atoms with Gasteiger partial charge in [0.25, 0.3) is 0 Å². The van der Waals surface area contributed by atoms with Crippen LogP contribution in [0.3, 0.4) is 0 Å². The van der Waals surface area contributed by atoms with Crippen molar-refractivity contribution in [2.45, 2.75) is 33.1 Å². The van der Waals surface area contributed by atoms with Gasteiger partial charge >= 0.3 is 0 Å². The summed E-state index contributed by atoms with van der Waals surface area (Å²) in [5.41, 5.74) is 2.90. The van der Waals surface area contributed by atoms with Gasteiger partial charge in [-0.25, -0.2) is 0 Å². The summed E-state index contributed by atoms with van der Waals surface area (Å²) in [5.74, 6) is 0. The van der Waals surface area contributed by atoms with Crippen LogP contribution in [0.4, 0.5) is 0 Å². The molecule has 0 aromatic heterocycles. The van der Waals surface area contributed by atoms with Crippen LogP contribution in [0.1, 0.15) is 33.1 Å². The van der Waals surface area contributed by atoms with E-state index in [4.69, 9.17) is 0 Å². The van der Waals surface area contributed by atoms with Gasteiger partial charge in [-0.2, -0.15) is 0 Å². The first-order valence-corrected chi connectivity index (χ1v) is 4.82. The maximum atomic E-state index is 2.32. The molecule has 0 N–H and O–H groups in total. The molecule has 1 heteroatoms. The lowest BCUT2D eigenvalue weighted by Gasteiger charge is -2.13. The van der Waals surface area contributed by atoms with E-state index in [0.29, 0.717) is 0 Å². The highest BCUT2D eigenvalue weighted by atomic mass is 15.1. The number of hydrogen-bond donors (Lipinski definition) is 0. The second kappa shape index (κ2) is 4.34. The topological polar surface area (TPSA) is 3.24 Å². The minimum atomic E-state index is 1.19. The lowest BCUT2D eigenvalue weighted by Crippen LogP contribution is -2.11. The molecule has 0 spiro atoms. The van der Waals surface area contributed by atoms with E-state index in [2.05, 4.69) is 37.9 Å². The quantitative estimate of drug-likeness (QED) is 0.621. The molecule has 0 unspecified atom stereocenters. The molecule has 0 aliphatic carbocycles. The number of hydrogen-bond acceptors (Lipinski definition) is 1. The first kappa shape index (κ1) is 9.37. The summed E-state index contributed by atoms with van der Waals surface area (Å²) in [6, 6.07) is 0. The fourth-order valence-corrected chi connectivity index (χ4v) is 1.58. The zero-order chi connectivity index (χ0) is 8.97. The highest BCUT2D eigenvalue weighted by Gasteiger charge is 2.07. The molecule has 1 rings (SSSR count). The Morgan fingerprint density at radius 1 is 1.67 bits per heavy atom. The third-order valence-electron chi connectivity index (χ3n) is 2.30. The van der Waals surface area contributed by atoms with Crippen LogP contribution in [0.5, 0.6) is 0 Å². The number of allylic oxidation sites excluding steroid dienone is 2. The SMILES string of the molecule is CCC/C(C)=C/C1=CCCN1C. The van der Waals surface area contributed by atoms with E-state index in [1.54, 1.807) is 0 Å². The van der Waals surface area contributed by atoms with Gasteiger partial charge in [0, 0.05) is 19.3 Å². The Kier molecular flexibility index (Phi) is 3.39. The molecule has 68 valence electrons. The molecule has 0 atom stereocenters. The standard InChI is InChI=1S/C11H19N/c1-4-6-10(2)9-11-7-5-8-12(11)3/h7,9H,4-6,8H2,1-3H3/b10-9+. The van der Waals surface area contributed by atoms with E-state index >= 15 is 0 Å². The predicted molar refractivity (Wildman–Crippen MR) is 54.0 cm³/mol. The van der Waals surface area contributed by atoms with Crippen LogP contribution in [0.2, 0.25) is 0 Å². The van der Waals surface area contributed by atoms with Gasteiger partial charge in [-0.15, -0.1) is 0 Å². The van der Waals surface area contributed by atoms with Crippen molar-refractivity contribution in [3.63, 3.8) is 0 Å². The Labute approximate surface area is 75.8 Å². The summed E-state index contributed by atoms with van der Waals surface area (Å²) in [5, 5.41) is 0. The fraction of sp³-hybridized carbons (Fsp3) is 0.636. The van der Waals surface area contributed by atoms with Crippen LogP contribution in [-0.4, -0.2) is 18.5 Å². The number of likely N-dealkylation sites (N-methyl/N-ethyl adjacent to an activating group) is 1. The maximum absolute atomic E-state index is 2.32. The third kappa shape index (κ3) is 2.40. The minimum absolute atomic E-state index is 1.19. The van der Waals surface area contributed by atoms with E-state index < -0.39 is 0 Å². The maximum Gasteiger partial charge on any atom is 0.0323 e. The van der Waals surface area contributed by atoms with E-state index in [9.17, 15) is 0 Å². The molecule has 0 bridgehead atoms. The van der Waals surface area contributed by atoms with Crippen molar-refractivity contribution >= 4 is 0 Å². The predicted octanol–water partition coefficient (Wildman–Crippen LogP) is 2.95. The highest BCUT2D eigenvalue weighted by molar-refractivity contribution is 5.24. The molecule has 0 saturated heterocycles. The molecule has 1 aliphatic rings. The van der Waals surface area contributed by atoms with Crippen LogP contribution in [-0.2, 0) is 0 Å². The van der Waals surface area contributed by atoms with Gasteiger partial charge in [0.2, 0.25) is 0 Å². The van der Waals surface area contributed by atoms with Gasteiger partial charge < -0.3 is 4.90 Å². The average Bonchev–Trinajstić information content (AvgIpc) is 2.37.